The number of hydrogen-bond donors (Lipinski definition) is 1. The number of hydrogen-bond acceptors (Lipinski definition) is 7. The van der Waals surface area contributed by atoms with Gasteiger partial charge in [0.1, 0.15) is 5.69 Å². The Morgan fingerprint density at radius 3 is 2.69 bits per heavy atom. The molecule has 1 aliphatic rings. The van der Waals surface area contributed by atoms with Crippen LogP contribution in [0, 0.1) is 17.0 Å². The highest BCUT2D eigenvalue weighted by molar-refractivity contribution is 7.89. The summed E-state index contributed by atoms with van der Waals surface area (Å²) in [5, 5.41) is 17.4. The molecule has 8 nitrogen and oxygen atoms in total. The van der Waals surface area contributed by atoms with Gasteiger partial charge in [-0.2, -0.15) is 4.31 Å². The van der Waals surface area contributed by atoms with Gasteiger partial charge in [-0.25, -0.2) is 13.4 Å². The van der Waals surface area contributed by atoms with Crippen molar-refractivity contribution in [1.82, 2.24) is 9.29 Å². The van der Waals surface area contributed by atoms with E-state index in [1.165, 1.54) is 16.4 Å². The number of nitro benzene ring substituents is 1. The second kappa shape index (κ2) is 7.68. The van der Waals surface area contributed by atoms with Crippen LogP contribution in [-0.2, 0) is 16.4 Å². The molecule has 10 heteroatoms. The van der Waals surface area contributed by atoms with Crippen molar-refractivity contribution in [3.63, 3.8) is 0 Å². The van der Waals surface area contributed by atoms with Crippen molar-refractivity contribution >= 4 is 32.7 Å². The predicted molar refractivity (Wildman–Crippen MR) is 100 cm³/mol. The van der Waals surface area contributed by atoms with Crippen LogP contribution >= 0.6 is 11.3 Å². The zero-order valence-corrected chi connectivity index (χ0v) is 16.0. The van der Waals surface area contributed by atoms with Gasteiger partial charge in [-0.1, -0.05) is 0 Å². The second-order valence-corrected chi connectivity index (χ2v) is 9.08. The van der Waals surface area contributed by atoms with E-state index in [1.54, 1.807) is 11.3 Å². The van der Waals surface area contributed by atoms with Crippen LogP contribution in [0.25, 0.3) is 0 Å². The van der Waals surface area contributed by atoms with Crippen LogP contribution in [0.5, 0.6) is 0 Å². The molecule has 2 heterocycles. The Morgan fingerprint density at radius 2 is 2.08 bits per heavy atom. The Balaban J connectivity index is 1.77. The molecule has 0 unspecified atom stereocenters. The first kappa shape index (κ1) is 18.7. The van der Waals surface area contributed by atoms with Gasteiger partial charge in [-0.05, 0) is 31.9 Å². The zero-order chi connectivity index (χ0) is 18.7. The molecule has 1 aromatic heterocycles. The molecule has 3 rings (SSSR count). The number of rotatable bonds is 7. The number of benzene rings is 1. The minimum absolute atomic E-state index is 0.0354. The lowest BCUT2D eigenvalue weighted by atomic mass is 10.2. The van der Waals surface area contributed by atoms with Crippen LogP contribution < -0.4 is 5.32 Å². The molecule has 0 aliphatic carbocycles. The van der Waals surface area contributed by atoms with Gasteiger partial charge in [-0.15, -0.1) is 11.3 Å². The SMILES string of the molecule is Cc1nc(CCNc2ccc(S(=O)(=O)N3CCCC3)cc2[N+](=O)[O-])cs1. The molecule has 0 radical (unpaired) electrons. The van der Waals surface area contributed by atoms with Crippen molar-refractivity contribution in [3.05, 3.63) is 44.4 Å². The Morgan fingerprint density at radius 1 is 1.35 bits per heavy atom. The number of aryl methyl sites for hydroxylation is 1. The summed E-state index contributed by atoms with van der Waals surface area (Å²) in [5.74, 6) is 0. The van der Waals surface area contributed by atoms with E-state index in [0.29, 0.717) is 31.7 Å². The van der Waals surface area contributed by atoms with Gasteiger partial charge < -0.3 is 5.32 Å². The molecule has 1 saturated heterocycles. The molecule has 140 valence electrons. The number of nitro groups is 1. The van der Waals surface area contributed by atoms with Gasteiger partial charge in [-0.3, -0.25) is 10.1 Å². The zero-order valence-electron chi connectivity index (χ0n) is 14.3. The molecule has 0 bridgehead atoms. The third-order valence-corrected chi connectivity index (χ3v) is 6.95. The van der Waals surface area contributed by atoms with Gasteiger partial charge in [0.05, 0.1) is 20.5 Å². The highest BCUT2D eigenvalue weighted by Gasteiger charge is 2.29. The molecule has 1 aromatic carbocycles. The average molecular weight is 396 g/mol. The van der Waals surface area contributed by atoms with Gasteiger partial charge in [0.25, 0.3) is 5.69 Å². The lowest BCUT2D eigenvalue weighted by molar-refractivity contribution is -0.384. The number of nitrogens with one attached hydrogen (secondary N) is 1. The number of sulfonamides is 1. The highest BCUT2D eigenvalue weighted by atomic mass is 32.2. The van der Waals surface area contributed by atoms with E-state index >= 15 is 0 Å². The van der Waals surface area contributed by atoms with Gasteiger partial charge in [0.2, 0.25) is 10.0 Å². The topological polar surface area (TPSA) is 105 Å². The minimum atomic E-state index is -3.68. The Hall–Kier alpha value is -2.04. The number of thiazole rings is 1. The van der Waals surface area contributed by atoms with Crippen molar-refractivity contribution in [2.24, 2.45) is 0 Å². The van der Waals surface area contributed by atoms with Crippen molar-refractivity contribution in [3.8, 4) is 0 Å². The van der Waals surface area contributed by atoms with E-state index in [2.05, 4.69) is 10.3 Å². The molecule has 0 saturated carbocycles. The van der Waals surface area contributed by atoms with E-state index in [0.717, 1.165) is 29.6 Å². The maximum atomic E-state index is 12.6. The normalized spacial score (nSPS) is 15.3. The number of nitrogens with zero attached hydrogens (tertiary/aromatic N) is 3. The summed E-state index contributed by atoms with van der Waals surface area (Å²) in [7, 11) is -3.68. The highest BCUT2D eigenvalue weighted by Crippen LogP contribution is 2.30. The van der Waals surface area contributed by atoms with E-state index < -0.39 is 14.9 Å². The third kappa shape index (κ3) is 4.02. The third-order valence-electron chi connectivity index (χ3n) is 4.23. The van der Waals surface area contributed by atoms with Crippen LogP contribution in [0.2, 0.25) is 0 Å². The maximum Gasteiger partial charge on any atom is 0.293 e. The van der Waals surface area contributed by atoms with E-state index in [-0.39, 0.29) is 10.6 Å². The first-order chi connectivity index (χ1) is 12.4. The number of aromatic nitrogens is 1. The molecule has 1 fully saturated rings. The Labute approximate surface area is 156 Å². The summed E-state index contributed by atoms with van der Waals surface area (Å²) in [4.78, 5) is 15.2. The first-order valence-corrected chi connectivity index (χ1v) is 10.6. The molecule has 2 aromatic rings. The summed E-state index contributed by atoms with van der Waals surface area (Å²) in [6.07, 6.45) is 2.27. The van der Waals surface area contributed by atoms with Crippen molar-refractivity contribution in [2.75, 3.05) is 25.0 Å². The number of anilines is 1. The smallest absolute Gasteiger partial charge is 0.293 e. The molecule has 26 heavy (non-hydrogen) atoms. The van der Waals surface area contributed by atoms with E-state index in [1.807, 2.05) is 12.3 Å². The van der Waals surface area contributed by atoms with Crippen LogP contribution in [0.15, 0.2) is 28.5 Å². The largest absolute Gasteiger partial charge is 0.379 e. The summed E-state index contributed by atoms with van der Waals surface area (Å²) in [5.41, 5.74) is 0.998. The summed E-state index contributed by atoms with van der Waals surface area (Å²) < 4.78 is 26.6. The molecule has 1 N–H and O–H groups in total. The summed E-state index contributed by atoms with van der Waals surface area (Å²) >= 11 is 1.56. The monoisotopic (exact) mass is 396 g/mol. The molecule has 1 aliphatic heterocycles. The Kier molecular flexibility index (Phi) is 5.54. The molecular formula is C16H20N4O4S2. The fourth-order valence-electron chi connectivity index (χ4n) is 2.90. The molecule has 0 spiro atoms. The first-order valence-electron chi connectivity index (χ1n) is 8.31. The summed E-state index contributed by atoms with van der Waals surface area (Å²) in [6, 6.07) is 4.03. The summed E-state index contributed by atoms with van der Waals surface area (Å²) in [6.45, 7) is 3.32. The minimum Gasteiger partial charge on any atom is -0.379 e. The van der Waals surface area contributed by atoms with Crippen LogP contribution in [0.4, 0.5) is 11.4 Å². The molecule has 0 atom stereocenters. The van der Waals surface area contributed by atoms with Crippen molar-refractivity contribution in [1.29, 1.82) is 0 Å². The van der Waals surface area contributed by atoms with Crippen LogP contribution in [0.3, 0.4) is 0 Å². The van der Waals surface area contributed by atoms with E-state index in [9.17, 15) is 18.5 Å². The average Bonchev–Trinajstić information content (AvgIpc) is 3.27. The molecule has 0 amide bonds. The van der Waals surface area contributed by atoms with Gasteiger partial charge >= 0.3 is 0 Å². The quantitative estimate of drug-likeness (QED) is 0.570. The van der Waals surface area contributed by atoms with Crippen molar-refractivity contribution in [2.45, 2.75) is 31.1 Å². The Bertz CT molecular complexity index is 905. The van der Waals surface area contributed by atoms with Gasteiger partial charge in [0.15, 0.2) is 0 Å². The predicted octanol–water partition coefficient (Wildman–Crippen LogP) is 2.80. The lowest BCUT2D eigenvalue weighted by Crippen LogP contribution is -2.27. The fourth-order valence-corrected chi connectivity index (χ4v) is 5.08. The maximum absolute atomic E-state index is 12.6. The fraction of sp³-hybridized carbons (Fsp3) is 0.438. The van der Waals surface area contributed by atoms with Crippen LogP contribution in [-0.4, -0.2) is 42.3 Å². The van der Waals surface area contributed by atoms with Crippen molar-refractivity contribution < 1.29 is 13.3 Å². The standard InChI is InChI=1S/C16H20N4O4S2/c1-12-18-13(11-25-12)6-7-17-15-5-4-14(10-16(15)20(21)22)26(23,24)19-8-2-3-9-19/h4-5,10-11,17H,2-3,6-9H2,1H3. The lowest BCUT2D eigenvalue weighted by Gasteiger charge is -2.16. The van der Waals surface area contributed by atoms with E-state index in [4.69, 9.17) is 0 Å². The molecular weight excluding hydrogens is 376 g/mol. The van der Waals surface area contributed by atoms with Crippen LogP contribution in [0.1, 0.15) is 23.5 Å². The second-order valence-electron chi connectivity index (χ2n) is 6.08. The van der Waals surface area contributed by atoms with Gasteiger partial charge in [0, 0.05) is 37.5 Å².